The lowest BCUT2D eigenvalue weighted by Gasteiger charge is -2.27. The van der Waals surface area contributed by atoms with E-state index in [1.54, 1.807) is 0 Å². The fourth-order valence-electron chi connectivity index (χ4n) is 3.39. The molecule has 2 amide bonds. The minimum atomic E-state index is -0.181. The third-order valence-electron chi connectivity index (χ3n) is 5.32. The molecule has 23 heavy (non-hydrogen) atoms. The van der Waals surface area contributed by atoms with Gasteiger partial charge < -0.3 is 9.80 Å². The molecule has 2 atom stereocenters. The Bertz CT molecular complexity index is 592. The van der Waals surface area contributed by atoms with Gasteiger partial charge in [0, 0.05) is 32.6 Å². The SMILES string of the molecule is Cc1ccc(CN2C[C@H](C(=O)N(C)[C@@H](C)C3CC3)CC2=O)cc1. The standard InChI is InChI=1S/C19H26N2O2/c1-13-4-6-15(7-5-13)11-21-12-17(10-18(21)22)19(23)20(3)14(2)16-8-9-16/h4-7,14,16-17H,8-12H2,1-3H3/t14-,17+/m0/s1. The van der Waals surface area contributed by atoms with Crippen molar-refractivity contribution in [3.05, 3.63) is 35.4 Å². The molecule has 0 bridgehead atoms. The zero-order chi connectivity index (χ0) is 16.6. The molecule has 1 saturated carbocycles. The quantitative estimate of drug-likeness (QED) is 0.838. The lowest BCUT2D eigenvalue weighted by atomic mass is 10.1. The van der Waals surface area contributed by atoms with Crippen molar-refractivity contribution in [2.45, 2.75) is 45.7 Å². The molecule has 1 aromatic carbocycles. The van der Waals surface area contributed by atoms with Gasteiger partial charge in [-0.1, -0.05) is 29.8 Å². The predicted molar refractivity (Wildman–Crippen MR) is 89.7 cm³/mol. The minimum absolute atomic E-state index is 0.0939. The van der Waals surface area contributed by atoms with E-state index in [1.165, 1.54) is 18.4 Å². The third-order valence-corrected chi connectivity index (χ3v) is 5.32. The average Bonchev–Trinajstić information content (AvgIpc) is 3.32. The second-order valence-corrected chi connectivity index (χ2v) is 7.19. The second kappa shape index (κ2) is 6.34. The van der Waals surface area contributed by atoms with Gasteiger partial charge >= 0.3 is 0 Å². The monoisotopic (exact) mass is 314 g/mol. The van der Waals surface area contributed by atoms with Crippen molar-refractivity contribution in [1.29, 1.82) is 0 Å². The second-order valence-electron chi connectivity index (χ2n) is 7.19. The van der Waals surface area contributed by atoms with Crippen molar-refractivity contribution >= 4 is 11.8 Å². The molecule has 0 aromatic heterocycles. The summed E-state index contributed by atoms with van der Waals surface area (Å²) in [5.41, 5.74) is 2.34. The number of amides is 2. The van der Waals surface area contributed by atoms with Gasteiger partial charge in [-0.3, -0.25) is 9.59 Å². The first-order chi connectivity index (χ1) is 11.0. The molecule has 0 spiro atoms. The Hall–Kier alpha value is -1.84. The number of benzene rings is 1. The van der Waals surface area contributed by atoms with Crippen LogP contribution in [-0.4, -0.2) is 41.2 Å². The number of carbonyl (C=O) groups excluding carboxylic acids is 2. The van der Waals surface area contributed by atoms with E-state index in [4.69, 9.17) is 0 Å². The van der Waals surface area contributed by atoms with Crippen LogP contribution in [0.5, 0.6) is 0 Å². The van der Waals surface area contributed by atoms with Crippen LogP contribution in [0, 0.1) is 18.8 Å². The van der Waals surface area contributed by atoms with Crippen LogP contribution in [0.1, 0.15) is 37.3 Å². The molecule has 124 valence electrons. The van der Waals surface area contributed by atoms with Gasteiger partial charge in [0.15, 0.2) is 0 Å². The number of carbonyl (C=O) groups is 2. The highest BCUT2D eigenvalue weighted by Gasteiger charge is 2.39. The number of hydrogen-bond acceptors (Lipinski definition) is 2. The van der Waals surface area contributed by atoms with Crippen LogP contribution in [0.3, 0.4) is 0 Å². The van der Waals surface area contributed by atoms with Crippen LogP contribution in [0.2, 0.25) is 0 Å². The largest absolute Gasteiger partial charge is 0.342 e. The summed E-state index contributed by atoms with van der Waals surface area (Å²) in [5, 5.41) is 0. The Labute approximate surface area is 138 Å². The van der Waals surface area contributed by atoms with E-state index in [2.05, 4.69) is 38.1 Å². The Morgan fingerprint density at radius 1 is 1.30 bits per heavy atom. The summed E-state index contributed by atoms with van der Waals surface area (Å²) in [5.74, 6) is 0.699. The van der Waals surface area contributed by atoms with E-state index in [0.717, 1.165) is 5.56 Å². The maximum atomic E-state index is 12.7. The lowest BCUT2D eigenvalue weighted by Crippen LogP contribution is -2.41. The molecule has 0 N–H and O–H groups in total. The van der Waals surface area contributed by atoms with Crippen LogP contribution in [0.4, 0.5) is 0 Å². The Morgan fingerprint density at radius 2 is 1.96 bits per heavy atom. The molecule has 1 heterocycles. The molecule has 2 fully saturated rings. The maximum Gasteiger partial charge on any atom is 0.227 e. The Morgan fingerprint density at radius 3 is 2.57 bits per heavy atom. The maximum absolute atomic E-state index is 12.7. The normalized spacial score (nSPS) is 22.3. The van der Waals surface area contributed by atoms with Gasteiger partial charge in [0.2, 0.25) is 11.8 Å². The number of hydrogen-bond donors (Lipinski definition) is 0. The molecule has 1 saturated heterocycles. The molecule has 0 radical (unpaired) electrons. The van der Waals surface area contributed by atoms with Crippen LogP contribution in [-0.2, 0) is 16.1 Å². The highest BCUT2D eigenvalue weighted by Crippen LogP contribution is 2.35. The molecular formula is C19H26N2O2. The first-order valence-electron chi connectivity index (χ1n) is 8.55. The zero-order valence-corrected chi connectivity index (χ0v) is 14.3. The van der Waals surface area contributed by atoms with E-state index in [9.17, 15) is 9.59 Å². The van der Waals surface area contributed by atoms with E-state index in [-0.39, 0.29) is 17.7 Å². The Balaban J connectivity index is 1.60. The first kappa shape index (κ1) is 16.0. The first-order valence-corrected chi connectivity index (χ1v) is 8.55. The third kappa shape index (κ3) is 3.57. The summed E-state index contributed by atoms with van der Waals surface area (Å²) in [4.78, 5) is 28.6. The van der Waals surface area contributed by atoms with Crippen molar-refractivity contribution in [1.82, 2.24) is 9.80 Å². The molecule has 2 aliphatic rings. The zero-order valence-electron chi connectivity index (χ0n) is 14.3. The van der Waals surface area contributed by atoms with Gasteiger partial charge in [-0.25, -0.2) is 0 Å². The number of rotatable bonds is 5. The van der Waals surface area contributed by atoms with Gasteiger partial charge in [-0.05, 0) is 38.2 Å². The fraction of sp³-hybridized carbons (Fsp3) is 0.579. The van der Waals surface area contributed by atoms with Gasteiger partial charge in [-0.2, -0.15) is 0 Å². The van der Waals surface area contributed by atoms with Gasteiger partial charge in [0.1, 0.15) is 0 Å². The summed E-state index contributed by atoms with van der Waals surface area (Å²) in [6.07, 6.45) is 2.80. The summed E-state index contributed by atoms with van der Waals surface area (Å²) >= 11 is 0. The Kier molecular flexibility index (Phi) is 4.42. The van der Waals surface area contributed by atoms with E-state index >= 15 is 0 Å². The molecule has 4 nitrogen and oxygen atoms in total. The molecule has 0 unspecified atom stereocenters. The molecule has 1 aliphatic carbocycles. The lowest BCUT2D eigenvalue weighted by molar-refractivity contribution is -0.136. The number of aryl methyl sites for hydroxylation is 1. The molecule has 4 heteroatoms. The molecular weight excluding hydrogens is 288 g/mol. The van der Waals surface area contributed by atoms with Crippen LogP contribution >= 0.6 is 0 Å². The highest BCUT2D eigenvalue weighted by atomic mass is 16.2. The minimum Gasteiger partial charge on any atom is -0.342 e. The van der Waals surface area contributed by atoms with E-state index < -0.39 is 0 Å². The topological polar surface area (TPSA) is 40.6 Å². The smallest absolute Gasteiger partial charge is 0.227 e. The van der Waals surface area contributed by atoms with Gasteiger partial charge in [0.05, 0.1) is 5.92 Å². The van der Waals surface area contributed by atoms with Crippen LogP contribution in [0.15, 0.2) is 24.3 Å². The van der Waals surface area contributed by atoms with Gasteiger partial charge in [0.25, 0.3) is 0 Å². The average molecular weight is 314 g/mol. The van der Waals surface area contributed by atoms with Crippen molar-refractivity contribution in [3.8, 4) is 0 Å². The van der Waals surface area contributed by atoms with Crippen molar-refractivity contribution in [2.75, 3.05) is 13.6 Å². The summed E-state index contributed by atoms with van der Waals surface area (Å²) in [6.45, 7) is 5.32. The molecule has 1 aromatic rings. The van der Waals surface area contributed by atoms with Gasteiger partial charge in [-0.15, -0.1) is 0 Å². The summed E-state index contributed by atoms with van der Waals surface area (Å²) in [7, 11) is 1.89. The number of nitrogens with zero attached hydrogens (tertiary/aromatic N) is 2. The van der Waals surface area contributed by atoms with Crippen molar-refractivity contribution in [3.63, 3.8) is 0 Å². The molecule has 1 aliphatic heterocycles. The molecule has 3 rings (SSSR count). The predicted octanol–water partition coefficient (Wildman–Crippen LogP) is 2.60. The highest BCUT2D eigenvalue weighted by molar-refractivity contribution is 5.89. The summed E-state index contributed by atoms with van der Waals surface area (Å²) in [6, 6.07) is 8.52. The van der Waals surface area contributed by atoms with Crippen molar-refractivity contribution < 1.29 is 9.59 Å². The number of likely N-dealkylation sites (tertiary alicyclic amines) is 1. The van der Waals surface area contributed by atoms with Crippen molar-refractivity contribution in [2.24, 2.45) is 11.8 Å². The van der Waals surface area contributed by atoms with E-state index in [1.807, 2.05) is 16.8 Å². The fourth-order valence-corrected chi connectivity index (χ4v) is 3.39. The van der Waals surface area contributed by atoms with Crippen LogP contribution in [0.25, 0.3) is 0 Å². The van der Waals surface area contributed by atoms with E-state index in [0.29, 0.717) is 31.5 Å². The van der Waals surface area contributed by atoms with Crippen LogP contribution < -0.4 is 0 Å². The summed E-state index contributed by atoms with van der Waals surface area (Å²) < 4.78 is 0.